The Kier molecular flexibility index (Phi) is 7.55. The van der Waals surface area contributed by atoms with E-state index in [9.17, 15) is 17.6 Å². The first-order valence-corrected chi connectivity index (χ1v) is 11.6. The lowest BCUT2D eigenvalue weighted by Gasteiger charge is -2.27. The number of para-hydroxylation sites is 2. The number of nitrogens with one attached hydrogen (secondary N) is 1. The quantitative estimate of drug-likeness (QED) is 0.464. The molecule has 9 heteroatoms. The lowest BCUT2D eigenvalue weighted by molar-refractivity contribution is 0.193. The molecule has 0 aromatic heterocycles. The van der Waals surface area contributed by atoms with E-state index in [2.05, 4.69) is 5.32 Å². The Morgan fingerprint density at radius 3 is 2.39 bits per heavy atom. The Labute approximate surface area is 192 Å². The van der Waals surface area contributed by atoms with Gasteiger partial charge in [-0.25, -0.2) is 9.18 Å². The van der Waals surface area contributed by atoms with Crippen molar-refractivity contribution in [3.8, 4) is 11.5 Å². The molecule has 0 atom stereocenters. The van der Waals surface area contributed by atoms with Crippen molar-refractivity contribution in [3.63, 3.8) is 0 Å². The highest BCUT2D eigenvalue weighted by Crippen LogP contribution is 2.25. The van der Waals surface area contributed by atoms with Crippen LogP contribution < -0.4 is 14.2 Å². The molecule has 0 aliphatic carbocycles. The predicted octanol–water partition coefficient (Wildman–Crippen LogP) is 5.04. The van der Waals surface area contributed by atoms with Crippen LogP contribution in [0.15, 0.2) is 77.7 Å². The van der Waals surface area contributed by atoms with Crippen LogP contribution in [0, 0.1) is 5.82 Å². The van der Waals surface area contributed by atoms with Crippen LogP contribution in [0.4, 0.5) is 14.9 Å². The summed E-state index contributed by atoms with van der Waals surface area (Å²) in [6.45, 7) is 3.97. The maximum atomic E-state index is 13.1. The molecule has 0 radical (unpaired) electrons. The minimum atomic E-state index is -4.13. The van der Waals surface area contributed by atoms with Gasteiger partial charge in [0.1, 0.15) is 22.2 Å². The number of benzene rings is 3. The van der Waals surface area contributed by atoms with Crippen LogP contribution >= 0.6 is 0 Å². The van der Waals surface area contributed by atoms with Gasteiger partial charge in [-0.3, -0.25) is 0 Å². The highest BCUT2D eigenvalue weighted by molar-refractivity contribution is 7.87. The summed E-state index contributed by atoms with van der Waals surface area (Å²) in [7, 11) is -2.61. The zero-order chi connectivity index (χ0) is 24.0. The normalized spacial score (nSPS) is 11.2. The summed E-state index contributed by atoms with van der Waals surface area (Å²) >= 11 is 0. The number of methoxy groups -OCH3 is 1. The van der Waals surface area contributed by atoms with Crippen molar-refractivity contribution in [2.75, 3.05) is 12.4 Å². The van der Waals surface area contributed by atoms with Crippen molar-refractivity contribution in [2.24, 2.45) is 0 Å². The molecule has 0 spiro atoms. The third kappa shape index (κ3) is 6.23. The van der Waals surface area contributed by atoms with E-state index in [0.29, 0.717) is 17.0 Å². The number of urea groups is 1. The summed E-state index contributed by atoms with van der Waals surface area (Å²) in [6, 6.07) is 17.4. The van der Waals surface area contributed by atoms with E-state index >= 15 is 0 Å². The van der Waals surface area contributed by atoms with E-state index in [-0.39, 0.29) is 29.3 Å². The summed E-state index contributed by atoms with van der Waals surface area (Å²) in [5, 5.41) is 2.85. The van der Waals surface area contributed by atoms with Crippen LogP contribution in [0.2, 0.25) is 0 Å². The molecule has 174 valence electrons. The van der Waals surface area contributed by atoms with E-state index in [4.69, 9.17) is 8.92 Å². The Balaban J connectivity index is 1.76. The fraction of sp³-hybridized carbons (Fsp3) is 0.208. The number of hydrogen-bond donors (Lipinski definition) is 1. The average Bonchev–Trinajstić information content (AvgIpc) is 2.78. The third-order valence-corrected chi connectivity index (χ3v) is 6.05. The summed E-state index contributed by atoms with van der Waals surface area (Å²) in [6.07, 6.45) is 0. The molecule has 3 aromatic carbocycles. The van der Waals surface area contributed by atoms with Crippen LogP contribution in [-0.4, -0.2) is 32.5 Å². The van der Waals surface area contributed by atoms with E-state index < -0.39 is 15.9 Å². The minimum absolute atomic E-state index is 0.0886. The van der Waals surface area contributed by atoms with Gasteiger partial charge in [-0.1, -0.05) is 24.3 Å². The highest BCUT2D eigenvalue weighted by atomic mass is 32.2. The maximum Gasteiger partial charge on any atom is 0.339 e. The number of carbonyl (C=O) groups excluding carboxylic acids is 1. The molecule has 7 nitrogen and oxygen atoms in total. The second-order valence-electron chi connectivity index (χ2n) is 7.49. The van der Waals surface area contributed by atoms with Crippen LogP contribution in [0.25, 0.3) is 0 Å². The summed E-state index contributed by atoms with van der Waals surface area (Å²) in [5.74, 6) is 0.0812. The largest absolute Gasteiger partial charge is 0.495 e. The molecule has 0 aliphatic heterocycles. The summed E-state index contributed by atoms with van der Waals surface area (Å²) in [5.41, 5.74) is 1.21. The summed E-state index contributed by atoms with van der Waals surface area (Å²) < 4.78 is 48.6. The monoisotopic (exact) mass is 472 g/mol. The SMILES string of the molecule is COc1ccccc1NC(=O)N(Cc1cccc(OS(=O)(=O)c2ccc(F)cc2)c1)C(C)C. The van der Waals surface area contributed by atoms with Gasteiger partial charge in [-0.15, -0.1) is 0 Å². The molecule has 3 aromatic rings. The van der Waals surface area contributed by atoms with Gasteiger partial charge < -0.3 is 19.1 Å². The number of nitrogens with zero attached hydrogens (tertiary/aromatic N) is 1. The van der Waals surface area contributed by atoms with Gasteiger partial charge in [0.15, 0.2) is 0 Å². The Morgan fingerprint density at radius 2 is 1.73 bits per heavy atom. The smallest absolute Gasteiger partial charge is 0.339 e. The zero-order valence-corrected chi connectivity index (χ0v) is 19.3. The molecule has 0 bridgehead atoms. The fourth-order valence-electron chi connectivity index (χ4n) is 3.09. The van der Waals surface area contributed by atoms with Gasteiger partial charge in [0.2, 0.25) is 0 Å². The van der Waals surface area contributed by atoms with Crippen molar-refractivity contribution in [1.29, 1.82) is 0 Å². The molecule has 3 rings (SSSR count). The Bertz CT molecular complexity index is 1210. The van der Waals surface area contributed by atoms with E-state index in [1.54, 1.807) is 47.4 Å². The molecular formula is C24H25FN2O5S. The van der Waals surface area contributed by atoms with Gasteiger partial charge in [-0.2, -0.15) is 8.42 Å². The number of halogens is 1. The Hall–Kier alpha value is -3.59. The van der Waals surface area contributed by atoms with Crippen LogP contribution in [-0.2, 0) is 16.7 Å². The molecule has 1 N–H and O–H groups in total. The number of ether oxygens (including phenoxy) is 1. The first kappa shape index (κ1) is 24.1. The van der Waals surface area contributed by atoms with E-state index in [1.807, 2.05) is 13.8 Å². The van der Waals surface area contributed by atoms with Crippen molar-refractivity contribution in [3.05, 3.63) is 84.2 Å². The average molecular weight is 473 g/mol. The van der Waals surface area contributed by atoms with Gasteiger partial charge in [0.25, 0.3) is 0 Å². The first-order chi connectivity index (χ1) is 15.7. The Morgan fingerprint density at radius 1 is 1.03 bits per heavy atom. The van der Waals surface area contributed by atoms with Crippen LogP contribution in [0.1, 0.15) is 19.4 Å². The van der Waals surface area contributed by atoms with Gasteiger partial charge >= 0.3 is 16.1 Å². The standard InChI is InChI=1S/C24H25FN2O5S/c1-17(2)27(24(28)26-22-9-4-5-10-23(22)31-3)16-18-7-6-8-20(15-18)32-33(29,30)21-13-11-19(25)12-14-21/h4-15,17H,16H2,1-3H3,(H,26,28). The molecule has 0 fully saturated rings. The molecule has 0 saturated heterocycles. The maximum absolute atomic E-state index is 13.1. The number of anilines is 1. The number of amides is 2. The van der Waals surface area contributed by atoms with E-state index in [1.165, 1.54) is 13.2 Å². The molecule has 0 saturated carbocycles. The topological polar surface area (TPSA) is 84.9 Å². The molecule has 2 amide bonds. The summed E-state index contributed by atoms with van der Waals surface area (Å²) in [4.78, 5) is 14.4. The van der Waals surface area contributed by atoms with Crippen molar-refractivity contribution >= 4 is 21.8 Å². The molecule has 33 heavy (non-hydrogen) atoms. The third-order valence-electron chi connectivity index (χ3n) is 4.79. The van der Waals surface area contributed by atoms with Crippen molar-refractivity contribution in [1.82, 2.24) is 4.90 Å². The first-order valence-electron chi connectivity index (χ1n) is 10.2. The number of carbonyl (C=O) groups is 1. The zero-order valence-electron chi connectivity index (χ0n) is 18.5. The van der Waals surface area contributed by atoms with Crippen LogP contribution in [0.3, 0.4) is 0 Å². The lowest BCUT2D eigenvalue weighted by Crippen LogP contribution is -2.39. The van der Waals surface area contributed by atoms with Crippen molar-refractivity contribution < 1.29 is 26.5 Å². The van der Waals surface area contributed by atoms with E-state index in [0.717, 1.165) is 24.3 Å². The number of hydrogen-bond acceptors (Lipinski definition) is 5. The predicted molar refractivity (Wildman–Crippen MR) is 123 cm³/mol. The van der Waals surface area contributed by atoms with Gasteiger partial charge in [0, 0.05) is 12.6 Å². The molecular weight excluding hydrogens is 447 g/mol. The molecule has 0 heterocycles. The van der Waals surface area contributed by atoms with Crippen molar-refractivity contribution in [2.45, 2.75) is 31.3 Å². The highest BCUT2D eigenvalue weighted by Gasteiger charge is 2.20. The van der Waals surface area contributed by atoms with Crippen LogP contribution in [0.5, 0.6) is 11.5 Å². The van der Waals surface area contributed by atoms with Gasteiger partial charge in [0.05, 0.1) is 12.8 Å². The minimum Gasteiger partial charge on any atom is -0.495 e. The second kappa shape index (κ2) is 10.4. The number of rotatable bonds is 8. The second-order valence-corrected chi connectivity index (χ2v) is 9.04. The van der Waals surface area contributed by atoms with Gasteiger partial charge in [-0.05, 0) is 67.9 Å². The molecule has 0 aliphatic rings. The lowest BCUT2D eigenvalue weighted by atomic mass is 10.2. The fourth-order valence-corrected chi connectivity index (χ4v) is 4.01. The molecule has 0 unspecified atom stereocenters.